The number of hydrogen-bond acceptors (Lipinski definition) is 6. The van der Waals surface area contributed by atoms with Gasteiger partial charge in [0.1, 0.15) is 23.3 Å². The average molecular weight is 377 g/mol. The number of nitrogens with two attached hydrogens (primary N) is 2. The first-order valence-corrected chi connectivity index (χ1v) is 9.69. The summed E-state index contributed by atoms with van der Waals surface area (Å²) >= 11 is 0. The Labute approximate surface area is 160 Å². The van der Waals surface area contributed by atoms with Gasteiger partial charge in [0.25, 0.3) is 0 Å². The van der Waals surface area contributed by atoms with E-state index in [1.165, 1.54) is 0 Å². The van der Waals surface area contributed by atoms with Crippen LogP contribution in [0.4, 0.5) is 0 Å². The summed E-state index contributed by atoms with van der Waals surface area (Å²) in [6.45, 7) is 3.63. The number of ether oxygens (including phenoxy) is 1. The third-order valence-corrected chi connectivity index (χ3v) is 6.03. The molecule has 7 N–H and O–H groups in total. The van der Waals surface area contributed by atoms with Crippen LogP contribution in [0.1, 0.15) is 57.1 Å². The molecule has 0 spiro atoms. The van der Waals surface area contributed by atoms with E-state index in [0.29, 0.717) is 18.3 Å². The molecule has 7 heteroatoms. The first-order chi connectivity index (χ1) is 12.8. The number of rotatable bonds is 5. The fraction of sp³-hybridized carbons (Fsp3) is 0.650. The molecule has 0 saturated heterocycles. The van der Waals surface area contributed by atoms with Gasteiger partial charge < -0.3 is 20.9 Å². The van der Waals surface area contributed by atoms with E-state index in [0.717, 1.165) is 49.0 Å². The Morgan fingerprint density at radius 1 is 1.41 bits per heavy atom. The normalized spacial score (nSPS) is 30.0. The van der Waals surface area contributed by atoms with Crippen molar-refractivity contribution >= 4 is 5.84 Å². The van der Waals surface area contributed by atoms with Crippen LogP contribution in [-0.2, 0) is 11.3 Å². The third kappa shape index (κ3) is 4.43. The van der Waals surface area contributed by atoms with Gasteiger partial charge in [0.15, 0.2) is 0 Å². The summed E-state index contributed by atoms with van der Waals surface area (Å²) in [6.07, 6.45) is 5.11. The predicted octanol–water partition coefficient (Wildman–Crippen LogP) is 1.60. The highest BCUT2D eigenvalue weighted by Crippen LogP contribution is 2.33. The van der Waals surface area contributed by atoms with Crippen LogP contribution >= 0.6 is 0 Å². The van der Waals surface area contributed by atoms with E-state index in [1.54, 1.807) is 6.92 Å². The van der Waals surface area contributed by atoms with Crippen LogP contribution in [0, 0.1) is 5.41 Å². The summed E-state index contributed by atoms with van der Waals surface area (Å²) in [6, 6.07) is 6.10. The van der Waals surface area contributed by atoms with E-state index in [1.807, 2.05) is 18.2 Å². The highest BCUT2D eigenvalue weighted by molar-refractivity contribution is 5.96. The van der Waals surface area contributed by atoms with Crippen molar-refractivity contribution in [1.82, 2.24) is 5.32 Å². The van der Waals surface area contributed by atoms with Crippen molar-refractivity contribution in [3.63, 3.8) is 0 Å². The molecule has 7 nitrogen and oxygen atoms in total. The summed E-state index contributed by atoms with van der Waals surface area (Å²) in [7, 11) is 0. The second-order valence-corrected chi connectivity index (χ2v) is 8.50. The predicted molar refractivity (Wildman–Crippen MR) is 105 cm³/mol. The topological polar surface area (TPSA) is 127 Å². The molecule has 1 heterocycles. The summed E-state index contributed by atoms with van der Waals surface area (Å²) < 4.78 is 6.02. The molecule has 2 aliphatic rings. The molecule has 0 amide bonds. The number of benzene rings is 1. The second kappa shape index (κ2) is 7.75. The Balaban J connectivity index is 1.64. The van der Waals surface area contributed by atoms with Crippen LogP contribution in [0.15, 0.2) is 18.2 Å². The quantitative estimate of drug-likeness (QED) is 0.302. The molecule has 1 aromatic carbocycles. The molecule has 1 aliphatic carbocycles. The molecule has 2 atom stereocenters. The number of aliphatic hydroxyl groups is 1. The molecule has 1 saturated carbocycles. The molecular formula is C20H32N4O3. The van der Waals surface area contributed by atoms with E-state index < -0.39 is 5.60 Å². The summed E-state index contributed by atoms with van der Waals surface area (Å²) in [5.74, 6) is 6.55. The SMILES string of the molecule is C[C@](CO)(ON)[C@H]1CCc2cc(C(=N)N[C@H]3CC[C@](C)(N)CC3)ccc2O1. The molecule has 0 radical (unpaired) electrons. The zero-order valence-corrected chi connectivity index (χ0v) is 16.3. The second-order valence-electron chi connectivity index (χ2n) is 8.50. The van der Waals surface area contributed by atoms with Gasteiger partial charge in [0.05, 0.1) is 6.61 Å². The Morgan fingerprint density at radius 2 is 2.11 bits per heavy atom. The molecule has 1 aromatic rings. The lowest BCUT2D eigenvalue weighted by Gasteiger charge is -2.37. The minimum Gasteiger partial charge on any atom is -0.487 e. The number of aliphatic hydroxyl groups excluding tert-OH is 1. The molecule has 1 fully saturated rings. The van der Waals surface area contributed by atoms with Crippen molar-refractivity contribution in [2.24, 2.45) is 11.6 Å². The van der Waals surface area contributed by atoms with Gasteiger partial charge in [0.2, 0.25) is 0 Å². The van der Waals surface area contributed by atoms with Gasteiger partial charge in [-0.3, -0.25) is 10.2 Å². The van der Waals surface area contributed by atoms with E-state index in [2.05, 4.69) is 12.2 Å². The fourth-order valence-electron chi connectivity index (χ4n) is 3.90. The van der Waals surface area contributed by atoms with E-state index in [-0.39, 0.29) is 18.2 Å². The fourth-order valence-corrected chi connectivity index (χ4v) is 3.90. The lowest BCUT2D eigenvalue weighted by atomic mass is 9.81. The molecule has 0 aromatic heterocycles. The first kappa shape index (κ1) is 20.1. The lowest BCUT2D eigenvalue weighted by Crippen LogP contribution is -2.51. The van der Waals surface area contributed by atoms with Crippen LogP contribution in [0.2, 0.25) is 0 Å². The molecule has 27 heavy (non-hydrogen) atoms. The smallest absolute Gasteiger partial charge is 0.146 e. The number of hydrogen-bond donors (Lipinski definition) is 5. The van der Waals surface area contributed by atoms with Gasteiger partial charge in [0, 0.05) is 17.1 Å². The van der Waals surface area contributed by atoms with Gasteiger partial charge in [-0.1, -0.05) is 0 Å². The molecule has 3 rings (SSSR count). The van der Waals surface area contributed by atoms with Crippen molar-refractivity contribution in [3.05, 3.63) is 29.3 Å². The summed E-state index contributed by atoms with van der Waals surface area (Å²) in [5, 5.41) is 21.3. The third-order valence-electron chi connectivity index (χ3n) is 6.03. The lowest BCUT2D eigenvalue weighted by molar-refractivity contribution is -0.135. The monoisotopic (exact) mass is 376 g/mol. The average Bonchev–Trinajstić information content (AvgIpc) is 2.68. The molecular weight excluding hydrogens is 344 g/mol. The Bertz CT molecular complexity index is 678. The highest BCUT2D eigenvalue weighted by atomic mass is 16.7. The van der Waals surface area contributed by atoms with Crippen LogP contribution in [0.5, 0.6) is 5.75 Å². The maximum Gasteiger partial charge on any atom is 0.146 e. The zero-order valence-electron chi connectivity index (χ0n) is 16.3. The van der Waals surface area contributed by atoms with Crippen LogP contribution in [0.25, 0.3) is 0 Å². The minimum absolute atomic E-state index is 0.0730. The molecule has 150 valence electrons. The van der Waals surface area contributed by atoms with Crippen molar-refractivity contribution in [2.75, 3.05) is 6.61 Å². The standard InChI is InChI=1S/C20H32N4O3/c1-19(22)9-7-15(8-10-19)24-18(21)14-3-5-16-13(11-14)4-6-17(26-16)20(2,12-25)27-23/h3,5,11,15,17,25H,4,6-10,12,22-23H2,1-2H3,(H2,21,24)/t15-,17-,19-,20-/m1/s1. The van der Waals surface area contributed by atoms with Crippen LogP contribution in [-0.4, -0.2) is 40.8 Å². The minimum atomic E-state index is -0.927. The van der Waals surface area contributed by atoms with Crippen molar-refractivity contribution < 1.29 is 14.7 Å². The van der Waals surface area contributed by atoms with Gasteiger partial charge in [-0.25, -0.2) is 5.90 Å². The van der Waals surface area contributed by atoms with Crippen LogP contribution in [0.3, 0.4) is 0 Å². The Kier molecular flexibility index (Phi) is 5.76. The zero-order chi connectivity index (χ0) is 19.7. The summed E-state index contributed by atoms with van der Waals surface area (Å²) in [4.78, 5) is 4.97. The van der Waals surface area contributed by atoms with E-state index >= 15 is 0 Å². The van der Waals surface area contributed by atoms with Crippen molar-refractivity contribution in [2.45, 2.75) is 75.7 Å². The Morgan fingerprint density at radius 3 is 2.74 bits per heavy atom. The number of amidine groups is 1. The van der Waals surface area contributed by atoms with Gasteiger partial charge in [-0.2, -0.15) is 0 Å². The van der Waals surface area contributed by atoms with Gasteiger partial charge >= 0.3 is 0 Å². The molecule has 0 unspecified atom stereocenters. The maximum atomic E-state index is 9.56. The highest BCUT2D eigenvalue weighted by Gasteiger charge is 2.39. The molecule has 0 bridgehead atoms. The van der Waals surface area contributed by atoms with E-state index in [9.17, 15) is 5.11 Å². The van der Waals surface area contributed by atoms with Crippen molar-refractivity contribution in [1.29, 1.82) is 5.41 Å². The number of fused-ring (bicyclic) bond motifs is 1. The van der Waals surface area contributed by atoms with Gasteiger partial charge in [-0.05, 0) is 76.1 Å². The summed E-state index contributed by atoms with van der Waals surface area (Å²) in [5.41, 5.74) is 7.11. The first-order valence-electron chi connectivity index (χ1n) is 9.69. The largest absolute Gasteiger partial charge is 0.487 e. The van der Waals surface area contributed by atoms with E-state index in [4.69, 9.17) is 26.6 Å². The number of aryl methyl sites for hydroxylation is 1. The van der Waals surface area contributed by atoms with Gasteiger partial charge in [-0.15, -0.1) is 0 Å². The molecule has 1 aliphatic heterocycles. The Hall–Kier alpha value is -1.67. The number of nitrogens with one attached hydrogen (secondary N) is 2. The van der Waals surface area contributed by atoms with Crippen LogP contribution < -0.4 is 21.7 Å². The maximum absolute atomic E-state index is 9.56. The van der Waals surface area contributed by atoms with Crippen molar-refractivity contribution in [3.8, 4) is 5.75 Å².